The summed E-state index contributed by atoms with van der Waals surface area (Å²) in [4.78, 5) is 0. The molecule has 0 atom stereocenters. The molecule has 0 N–H and O–H groups in total. The van der Waals surface area contributed by atoms with Crippen molar-refractivity contribution in [1.82, 2.24) is 0 Å². The van der Waals surface area contributed by atoms with Crippen molar-refractivity contribution in [2.45, 2.75) is 0 Å². The van der Waals surface area contributed by atoms with Gasteiger partial charge in [-0.1, -0.05) is 0 Å². The summed E-state index contributed by atoms with van der Waals surface area (Å²) in [5.74, 6) is 0. The number of rotatable bonds is 0. The first-order chi connectivity index (χ1) is 2.00. The van der Waals surface area contributed by atoms with Crippen LogP contribution in [-0.4, -0.2) is 53.5 Å². The third kappa shape index (κ3) is 2.15. The van der Waals surface area contributed by atoms with Crippen molar-refractivity contribution in [2.75, 3.05) is 0 Å². The Kier molecular flexibility index (Phi) is 4.62. The molecule has 0 spiro atoms. The van der Waals surface area contributed by atoms with Crippen molar-refractivity contribution in [3.05, 3.63) is 9.71 Å². The van der Waals surface area contributed by atoms with E-state index in [1.54, 1.807) is 0 Å². The van der Waals surface area contributed by atoms with Crippen molar-refractivity contribution >= 4 is 53.5 Å². The Bertz CT molecular complexity index is 47.3. The maximum atomic E-state index is 2.33. The molecule has 0 amide bonds. The zero-order valence-corrected chi connectivity index (χ0v) is 10.7. The summed E-state index contributed by atoms with van der Waals surface area (Å²) in [7, 11) is 0. The van der Waals surface area contributed by atoms with Gasteiger partial charge in [-0.05, 0) is 0 Å². The van der Waals surface area contributed by atoms with Crippen LogP contribution in [-0.2, 0) is 0 Å². The van der Waals surface area contributed by atoms with E-state index in [1.165, 1.54) is 0 Å². The summed E-state index contributed by atoms with van der Waals surface area (Å²) in [6, 6.07) is 0. The molecule has 0 aromatic carbocycles. The molecule has 1 heterocycles. The topological polar surface area (TPSA) is 0 Å². The van der Waals surface area contributed by atoms with Crippen LogP contribution in [0.4, 0.5) is 0 Å². The number of hydrogen-bond donors (Lipinski definition) is 0. The van der Waals surface area contributed by atoms with Crippen molar-refractivity contribution in [2.24, 2.45) is 0 Å². The Morgan fingerprint density at radius 2 is 1.60 bits per heavy atom. The van der Waals surface area contributed by atoms with Crippen LogP contribution in [0.5, 0.6) is 0 Å². The summed E-state index contributed by atoms with van der Waals surface area (Å²) >= 11 is -0.148. The molecule has 3 radical (unpaired) electrons. The molecule has 0 nitrogen and oxygen atoms in total. The van der Waals surface area contributed by atoms with Crippen LogP contribution >= 0.6 is 0 Å². The maximum absolute atomic E-state index is 2.33. The van der Waals surface area contributed by atoms with E-state index in [0.29, 0.717) is 0 Å². The van der Waals surface area contributed by atoms with Gasteiger partial charge in [-0.3, -0.25) is 0 Å². The normalized spacial score (nSPS) is 12.8. The quantitative estimate of drug-likeness (QED) is 0.427. The first-order valence-electron chi connectivity index (χ1n) is 1.33. The van der Waals surface area contributed by atoms with E-state index < -0.39 is 0 Å². The SMILES string of the molecule is C1=[CH][PbH]=[CH]1.[Bi]. The smallest absolute Gasteiger partial charge is 0 e. The second kappa shape index (κ2) is 3.60. The molecule has 5 heavy (non-hydrogen) atoms. The van der Waals surface area contributed by atoms with Gasteiger partial charge in [0.05, 0.1) is 0 Å². The van der Waals surface area contributed by atoms with Gasteiger partial charge in [0.25, 0.3) is 0 Å². The van der Waals surface area contributed by atoms with Crippen molar-refractivity contribution in [3.8, 4) is 0 Å². The Morgan fingerprint density at radius 3 is 1.60 bits per heavy atom. The minimum absolute atomic E-state index is 0. The zero-order valence-electron chi connectivity index (χ0n) is 2.76. The Morgan fingerprint density at radius 1 is 1.40 bits per heavy atom. The van der Waals surface area contributed by atoms with Crippen LogP contribution < -0.4 is 0 Å². The third-order valence-electron chi connectivity index (χ3n) is 0.444. The summed E-state index contributed by atoms with van der Waals surface area (Å²) < 4.78 is 4.67. The van der Waals surface area contributed by atoms with Crippen LogP contribution in [0.15, 0.2) is 9.71 Å². The Balaban J connectivity index is 0.000000160. The largest absolute Gasteiger partial charge is 0 e. The first kappa shape index (κ1) is 6.42. The minimum Gasteiger partial charge on any atom is 0 e. The van der Waals surface area contributed by atoms with Crippen molar-refractivity contribution in [1.29, 1.82) is 0 Å². The van der Waals surface area contributed by atoms with Crippen molar-refractivity contribution < 1.29 is 0 Å². The van der Waals surface area contributed by atoms with E-state index in [-0.39, 0.29) is 50.0 Å². The average Bonchev–Trinajstić information content (AvgIpc) is 0.722. The molecule has 0 unspecified atom stereocenters. The first-order valence-corrected chi connectivity index (χ1v) is 6.52. The molecule has 2 heteroatoms. The Hall–Kier alpha value is 1.42. The molecular formula is C3H4BiPb. The van der Waals surface area contributed by atoms with Gasteiger partial charge in [0.1, 0.15) is 0 Å². The molecule has 1 aliphatic heterocycles. The molecule has 0 fully saturated rings. The van der Waals surface area contributed by atoms with Gasteiger partial charge in [-0.15, -0.1) is 0 Å². The molecule has 25 valence electrons. The molecule has 1 rings (SSSR count). The molecule has 0 bridgehead atoms. The Labute approximate surface area is 62.5 Å². The maximum Gasteiger partial charge on any atom is 0 e. The molecule has 0 saturated carbocycles. The molecular weight excluding hydrogens is 452 g/mol. The number of hydrogen-bond acceptors (Lipinski definition) is 0. The predicted molar refractivity (Wildman–Crippen MR) is 28.1 cm³/mol. The van der Waals surface area contributed by atoms with Gasteiger partial charge in [0.2, 0.25) is 0 Å². The summed E-state index contributed by atoms with van der Waals surface area (Å²) in [6.07, 6.45) is 2.15. The fourth-order valence-corrected chi connectivity index (χ4v) is 0.975. The van der Waals surface area contributed by atoms with E-state index >= 15 is 0 Å². The van der Waals surface area contributed by atoms with Gasteiger partial charge >= 0.3 is 37.0 Å². The van der Waals surface area contributed by atoms with Crippen LogP contribution in [0.3, 0.4) is 0 Å². The van der Waals surface area contributed by atoms with Crippen molar-refractivity contribution in [3.63, 3.8) is 0 Å². The van der Waals surface area contributed by atoms with E-state index in [9.17, 15) is 0 Å². The summed E-state index contributed by atoms with van der Waals surface area (Å²) in [6.45, 7) is 0. The average molecular weight is 456 g/mol. The van der Waals surface area contributed by atoms with Gasteiger partial charge < -0.3 is 0 Å². The van der Waals surface area contributed by atoms with Gasteiger partial charge in [0, 0.05) is 26.2 Å². The second-order valence-corrected chi connectivity index (χ2v) is 5.26. The summed E-state index contributed by atoms with van der Waals surface area (Å²) in [5, 5.41) is 0. The van der Waals surface area contributed by atoms with Crippen LogP contribution in [0.25, 0.3) is 0 Å². The van der Waals surface area contributed by atoms with E-state index in [1.807, 2.05) is 0 Å². The predicted octanol–water partition coefficient (Wildman–Crippen LogP) is -0.628. The summed E-state index contributed by atoms with van der Waals surface area (Å²) in [5.41, 5.74) is 0. The number of allylic oxidation sites excluding steroid dienone is 1. The van der Waals surface area contributed by atoms with E-state index in [0.717, 1.165) is 0 Å². The molecule has 0 aliphatic carbocycles. The van der Waals surface area contributed by atoms with Gasteiger partial charge in [0.15, 0.2) is 0 Å². The fraction of sp³-hybridized carbons (Fsp3) is 0. The molecule has 0 aromatic rings. The van der Waals surface area contributed by atoms with Gasteiger partial charge in [-0.2, -0.15) is 0 Å². The van der Waals surface area contributed by atoms with E-state index in [2.05, 4.69) is 13.3 Å². The molecule has 0 aromatic heterocycles. The van der Waals surface area contributed by atoms with Crippen LogP contribution in [0, 0.1) is 0 Å². The van der Waals surface area contributed by atoms with Gasteiger partial charge in [-0.25, -0.2) is 0 Å². The standard InChI is InChI=1S/C3H3.Bi.Pb.H/c1-3-2;;;/h1-3H;;;. The third-order valence-corrected chi connectivity index (χ3v) is 3.90. The van der Waals surface area contributed by atoms with E-state index in [4.69, 9.17) is 0 Å². The zero-order chi connectivity index (χ0) is 2.83. The van der Waals surface area contributed by atoms with Crippen LogP contribution in [0.1, 0.15) is 0 Å². The van der Waals surface area contributed by atoms with Crippen LogP contribution in [0.2, 0.25) is 0 Å². The second-order valence-electron chi connectivity index (χ2n) is 0.770. The minimum atomic E-state index is -0.148. The fourth-order valence-electron chi connectivity index (χ4n) is 0.111. The molecule has 0 saturated heterocycles. The molecule has 1 aliphatic rings. The monoisotopic (exact) mass is 457 g/mol.